The molecule has 0 radical (unpaired) electrons. The van der Waals surface area contributed by atoms with Crippen molar-refractivity contribution in [2.24, 2.45) is 0 Å². The first-order chi connectivity index (χ1) is 7.28. The number of hydrogen-bond acceptors (Lipinski definition) is 1. The molecule has 90 valence electrons. The molecule has 1 atom stereocenters. The molecule has 0 aliphatic carbocycles. The van der Waals surface area contributed by atoms with Gasteiger partial charge in [0.1, 0.15) is 0 Å². The van der Waals surface area contributed by atoms with Gasteiger partial charge in [-0.3, -0.25) is 4.79 Å². The van der Waals surface area contributed by atoms with Gasteiger partial charge in [0, 0.05) is 23.1 Å². The Labute approximate surface area is 98.7 Å². The van der Waals surface area contributed by atoms with Crippen LogP contribution >= 0.6 is 0 Å². The molecule has 0 bridgehead atoms. The summed E-state index contributed by atoms with van der Waals surface area (Å²) in [6, 6.07) is 0. The summed E-state index contributed by atoms with van der Waals surface area (Å²) in [7, 11) is 0. The SMILES string of the molecule is CC(C)=C1CC2(C)CCCC(C)(C)N2C1=O. The quantitative estimate of drug-likeness (QED) is 0.575. The van der Waals surface area contributed by atoms with Crippen molar-refractivity contribution >= 4 is 5.91 Å². The van der Waals surface area contributed by atoms with Crippen LogP contribution in [0.3, 0.4) is 0 Å². The molecule has 2 saturated heterocycles. The van der Waals surface area contributed by atoms with E-state index in [0.717, 1.165) is 24.8 Å². The van der Waals surface area contributed by atoms with Gasteiger partial charge in [-0.2, -0.15) is 0 Å². The molecule has 2 heteroatoms. The molecular formula is C14H23NO. The van der Waals surface area contributed by atoms with Crippen molar-refractivity contribution < 1.29 is 4.79 Å². The summed E-state index contributed by atoms with van der Waals surface area (Å²) >= 11 is 0. The van der Waals surface area contributed by atoms with E-state index >= 15 is 0 Å². The summed E-state index contributed by atoms with van der Waals surface area (Å²) in [5.74, 6) is 0.284. The molecule has 2 rings (SSSR count). The second-order valence-corrected chi connectivity index (χ2v) is 6.46. The smallest absolute Gasteiger partial charge is 0.250 e. The standard InChI is InChI=1S/C14H23NO/c1-10(2)11-9-14(5)8-6-7-13(3,4)15(14)12(11)16/h6-9H2,1-5H3. The number of fused-ring (bicyclic) bond motifs is 1. The Morgan fingerprint density at radius 3 is 2.31 bits per heavy atom. The molecule has 1 amide bonds. The average molecular weight is 221 g/mol. The van der Waals surface area contributed by atoms with E-state index in [4.69, 9.17) is 0 Å². The molecule has 0 saturated carbocycles. The molecule has 2 heterocycles. The Morgan fingerprint density at radius 1 is 1.19 bits per heavy atom. The Hall–Kier alpha value is -0.790. The highest BCUT2D eigenvalue weighted by Crippen LogP contribution is 2.47. The lowest BCUT2D eigenvalue weighted by Gasteiger charge is -2.50. The van der Waals surface area contributed by atoms with Gasteiger partial charge in [-0.1, -0.05) is 5.57 Å². The number of hydrogen-bond donors (Lipinski definition) is 0. The monoisotopic (exact) mass is 221 g/mol. The first kappa shape index (κ1) is 11.7. The number of rotatable bonds is 0. The van der Waals surface area contributed by atoms with Crippen LogP contribution < -0.4 is 0 Å². The van der Waals surface area contributed by atoms with E-state index in [1.807, 2.05) is 0 Å². The summed E-state index contributed by atoms with van der Waals surface area (Å²) in [6.07, 6.45) is 4.46. The fraction of sp³-hybridized carbons (Fsp3) is 0.786. The van der Waals surface area contributed by atoms with E-state index in [-0.39, 0.29) is 17.0 Å². The number of carbonyl (C=O) groups is 1. The molecule has 2 nitrogen and oxygen atoms in total. The van der Waals surface area contributed by atoms with Gasteiger partial charge < -0.3 is 4.90 Å². The van der Waals surface area contributed by atoms with Gasteiger partial charge in [0.15, 0.2) is 0 Å². The number of nitrogens with zero attached hydrogens (tertiary/aromatic N) is 1. The predicted molar refractivity (Wildman–Crippen MR) is 66.2 cm³/mol. The Kier molecular flexibility index (Phi) is 2.45. The molecular weight excluding hydrogens is 198 g/mol. The van der Waals surface area contributed by atoms with Crippen molar-refractivity contribution in [3.05, 3.63) is 11.1 Å². The minimum atomic E-state index is 0.0291. The topological polar surface area (TPSA) is 20.3 Å². The summed E-state index contributed by atoms with van der Waals surface area (Å²) in [5.41, 5.74) is 2.35. The molecule has 0 aromatic rings. The minimum absolute atomic E-state index is 0.0291. The van der Waals surface area contributed by atoms with Crippen LogP contribution in [0.15, 0.2) is 11.1 Å². The number of amides is 1. The third-order valence-corrected chi connectivity index (χ3v) is 4.27. The molecule has 0 aromatic carbocycles. The molecule has 0 N–H and O–H groups in total. The van der Waals surface area contributed by atoms with Crippen LogP contribution in [0.4, 0.5) is 0 Å². The summed E-state index contributed by atoms with van der Waals surface area (Å²) < 4.78 is 0. The van der Waals surface area contributed by atoms with Gasteiger partial charge in [-0.15, -0.1) is 0 Å². The van der Waals surface area contributed by atoms with E-state index in [1.54, 1.807) is 0 Å². The normalized spacial score (nSPS) is 32.9. The van der Waals surface area contributed by atoms with E-state index < -0.39 is 0 Å². The highest BCUT2D eigenvalue weighted by Gasteiger charge is 2.52. The fourth-order valence-corrected chi connectivity index (χ4v) is 3.53. The lowest BCUT2D eigenvalue weighted by molar-refractivity contribution is -0.138. The fourth-order valence-electron chi connectivity index (χ4n) is 3.53. The molecule has 2 fully saturated rings. The van der Waals surface area contributed by atoms with Crippen LogP contribution in [-0.2, 0) is 4.79 Å². The third-order valence-electron chi connectivity index (χ3n) is 4.27. The van der Waals surface area contributed by atoms with Gasteiger partial charge in [-0.25, -0.2) is 0 Å². The van der Waals surface area contributed by atoms with E-state index in [2.05, 4.69) is 39.5 Å². The maximum Gasteiger partial charge on any atom is 0.250 e. The van der Waals surface area contributed by atoms with Crippen LogP contribution in [-0.4, -0.2) is 21.9 Å². The zero-order chi connectivity index (χ0) is 12.1. The largest absolute Gasteiger partial charge is 0.328 e. The van der Waals surface area contributed by atoms with Crippen molar-refractivity contribution in [1.29, 1.82) is 0 Å². The summed E-state index contributed by atoms with van der Waals surface area (Å²) in [4.78, 5) is 14.6. The second kappa shape index (κ2) is 3.35. The number of carbonyl (C=O) groups excluding carboxylic acids is 1. The van der Waals surface area contributed by atoms with E-state index in [9.17, 15) is 4.79 Å². The highest BCUT2D eigenvalue weighted by atomic mass is 16.2. The van der Waals surface area contributed by atoms with E-state index in [0.29, 0.717) is 0 Å². The molecule has 0 aromatic heterocycles. The van der Waals surface area contributed by atoms with Crippen LogP contribution in [0, 0.1) is 0 Å². The van der Waals surface area contributed by atoms with Crippen LogP contribution in [0.5, 0.6) is 0 Å². The molecule has 0 spiro atoms. The Morgan fingerprint density at radius 2 is 1.81 bits per heavy atom. The third kappa shape index (κ3) is 1.50. The lowest BCUT2D eigenvalue weighted by atomic mass is 9.79. The van der Waals surface area contributed by atoms with Crippen LogP contribution in [0.2, 0.25) is 0 Å². The van der Waals surface area contributed by atoms with Gasteiger partial charge in [0.2, 0.25) is 0 Å². The average Bonchev–Trinajstić information content (AvgIpc) is 2.38. The molecule has 2 aliphatic heterocycles. The van der Waals surface area contributed by atoms with E-state index in [1.165, 1.54) is 12.0 Å². The predicted octanol–water partition coefficient (Wildman–Crippen LogP) is 3.28. The minimum Gasteiger partial charge on any atom is -0.328 e. The first-order valence-corrected chi connectivity index (χ1v) is 6.29. The summed E-state index contributed by atoms with van der Waals surface area (Å²) in [6.45, 7) is 10.8. The zero-order valence-corrected chi connectivity index (χ0v) is 11.2. The van der Waals surface area contributed by atoms with Crippen molar-refractivity contribution in [1.82, 2.24) is 4.90 Å². The van der Waals surface area contributed by atoms with Gasteiger partial charge in [0.05, 0.1) is 0 Å². The van der Waals surface area contributed by atoms with Crippen molar-refractivity contribution in [2.75, 3.05) is 0 Å². The number of piperidine rings is 1. The lowest BCUT2D eigenvalue weighted by Crippen LogP contribution is -2.58. The molecule has 16 heavy (non-hydrogen) atoms. The molecule has 2 aliphatic rings. The maximum absolute atomic E-state index is 12.5. The highest BCUT2D eigenvalue weighted by molar-refractivity contribution is 5.98. The maximum atomic E-state index is 12.5. The van der Waals surface area contributed by atoms with Gasteiger partial charge in [-0.05, 0) is 53.9 Å². The second-order valence-electron chi connectivity index (χ2n) is 6.46. The summed E-state index contributed by atoms with van der Waals surface area (Å²) in [5, 5.41) is 0. The molecule has 1 unspecified atom stereocenters. The van der Waals surface area contributed by atoms with Crippen molar-refractivity contribution in [2.45, 2.75) is 71.4 Å². The van der Waals surface area contributed by atoms with Gasteiger partial charge in [0.25, 0.3) is 5.91 Å². The first-order valence-electron chi connectivity index (χ1n) is 6.29. The van der Waals surface area contributed by atoms with Crippen LogP contribution in [0.1, 0.15) is 60.3 Å². The van der Waals surface area contributed by atoms with Gasteiger partial charge >= 0.3 is 0 Å². The van der Waals surface area contributed by atoms with Crippen molar-refractivity contribution in [3.63, 3.8) is 0 Å². The Bertz CT molecular complexity index is 363. The number of allylic oxidation sites excluding steroid dienone is 1. The Balaban J connectivity index is 2.47. The van der Waals surface area contributed by atoms with Crippen molar-refractivity contribution in [3.8, 4) is 0 Å². The van der Waals surface area contributed by atoms with Crippen LogP contribution in [0.25, 0.3) is 0 Å². The zero-order valence-electron chi connectivity index (χ0n) is 11.2.